The maximum absolute atomic E-state index is 14.2. The predicted molar refractivity (Wildman–Crippen MR) is 153 cm³/mol. The largest absolute Gasteiger partial charge is 0.341 e. The topological polar surface area (TPSA) is 123 Å². The number of para-hydroxylation sites is 1. The number of carbonyl (C=O) groups is 4. The molecule has 0 aromatic heterocycles. The zero-order valence-electron chi connectivity index (χ0n) is 23.2. The standard InChI is InChI=1S/C32H30FN5O4/c1-20(35-28(39)22-12-14-23(33)15-13-22)29(40)37(2)27(16-21-8-4-3-5-9-21)30(41)38-19-32(17-24(38)18-34)25-10-6-7-11-26(25)36-31(32)42/h3-15,20,24,27H,16-17,19H2,1-2H3,(H,35,39)(H,36,42)/t20?,24-,27-,32-/m0/s1. The molecule has 214 valence electrons. The summed E-state index contributed by atoms with van der Waals surface area (Å²) in [5, 5.41) is 15.6. The number of rotatable bonds is 7. The fourth-order valence-electron chi connectivity index (χ4n) is 5.81. The SMILES string of the molecule is CC(NC(=O)c1ccc(F)cc1)C(=O)N(C)[C@@H](Cc1ccccc1)C(=O)N1C[C@]2(C[C@H]1C#N)C(=O)Nc1ccccc12. The van der Waals surface area contributed by atoms with Crippen LogP contribution in [0.1, 0.15) is 34.8 Å². The number of nitrogens with one attached hydrogen (secondary N) is 2. The van der Waals surface area contributed by atoms with Crippen LogP contribution in [0.5, 0.6) is 0 Å². The van der Waals surface area contributed by atoms with Gasteiger partial charge >= 0.3 is 0 Å². The quantitative estimate of drug-likeness (QED) is 0.455. The van der Waals surface area contributed by atoms with E-state index in [1.54, 1.807) is 6.07 Å². The molecule has 4 atom stereocenters. The zero-order valence-corrected chi connectivity index (χ0v) is 23.2. The highest BCUT2D eigenvalue weighted by atomic mass is 19.1. The van der Waals surface area contributed by atoms with E-state index in [2.05, 4.69) is 16.7 Å². The fraction of sp³-hybridized carbons (Fsp3) is 0.281. The Hall–Kier alpha value is -5.04. The summed E-state index contributed by atoms with van der Waals surface area (Å²) in [5.41, 5.74) is 1.32. The van der Waals surface area contributed by atoms with Crippen molar-refractivity contribution in [2.45, 2.75) is 43.3 Å². The number of hydrogen-bond donors (Lipinski definition) is 2. The highest BCUT2D eigenvalue weighted by molar-refractivity contribution is 6.07. The van der Waals surface area contributed by atoms with Crippen LogP contribution in [0.4, 0.5) is 10.1 Å². The number of hydrogen-bond acceptors (Lipinski definition) is 5. The number of nitrogens with zero attached hydrogens (tertiary/aromatic N) is 3. The Kier molecular flexibility index (Phi) is 7.77. The lowest BCUT2D eigenvalue weighted by Gasteiger charge is -2.34. The van der Waals surface area contributed by atoms with Crippen LogP contribution in [-0.4, -0.2) is 65.1 Å². The van der Waals surface area contributed by atoms with E-state index in [1.165, 1.54) is 35.9 Å². The van der Waals surface area contributed by atoms with Crippen molar-refractivity contribution in [1.82, 2.24) is 15.1 Å². The minimum atomic E-state index is -1.07. The molecule has 1 saturated heterocycles. The molecule has 9 nitrogen and oxygen atoms in total. The van der Waals surface area contributed by atoms with Gasteiger partial charge in [-0.2, -0.15) is 5.26 Å². The normalized spacial score (nSPS) is 20.3. The van der Waals surface area contributed by atoms with Gasteiger partial charge in [0.15, 0.2) is 0 Å². The van der Waals surface area contributed by atoms with Crippen molar-refractivity contribution in [2.24, 2.45) is 0 Å². The fourth-order valence-corrected chi connectivity index (χ4v) is 5.81. The average Bonchev–Trinajstić information content (AvgIpc) is 3.53. The Morgan fingerprint density at radius 1 is 1.10 bits per heavy atom. The van der Waals surface area contributed by atoms with Crippen LogP contribution in [0.15, 0.2) is 78.9 Å². The van der Waals surface area contributed by atoms with Gasteiger partial charge in [-0.15, -0.1) is 0 Å². The number of likely N-dealkylation sites (tertiary alicyclic amines) is 1. The molecule has 0 radical (unpaired) electrons. The summed E-state index contributed by atoms with van der Waals surface area (Å²) in [7, 11) is 1.49. The van der Waals surface area contributed by atoms with Gasteiger partial charge in [-0.05, 0) is 48.4 Å². The lowest BCUT2D eigenvalue weighted by atomic mass is 9.80. The van der Waals surface area contributed by atoms with Crippen molar-refractivity contribution in [1.29, 1.82) is 5.26 Å². The first-order chi connectivity index (χ1) is 20.1. The zero-order chi connectivity index (χ0) is 30.0. The first-order valence-electron chi connectivity index (χ1n) is 13.6. The van der Waals surface area contributed by atoms with Gasteiger partial charge in [-0.25, -0.2) is 4.39 Å². The van der Waals surface area contributed by atoms with Gasteiger partial charge in [0.05, 0.1) is 11.5 Å². The van der Waals surface area contributed by atoms with E-state index in [-0.39, 0.29) is 30.9 Å². The molecular formula is C32H30FN5O4. The molecule has 1 spiro atoms. The van der Waals surface area contributed by atoms with E-state index in [0.717, 1.165) is 23.3 Å². The van der Waals surface area contributed by atoms with Crippen molar-refractivity contribution >= 4 is 29.3 Å². The molecule has 1 fully saturated rings. The number of amides is 4. The number of benzene rings is 3. The first-order valence-corrected chi connectivity index (χ1v) is 13.6. The van der Waals surface area contributed by atoms with E-state index >= 15 is 0 Å². The molecule has 0 bridgehead atoms. The number of carbonyl (C=O) groups excluding carboxylic acids is 4. The van der Waals surface area contributed by atoms with Crippen molar-refractivity contribution < 1.29 is 23.6 Å². The van der Waals surface area contributed by atoms with Crippen LogP contribution in [0.3, 0.4) is 0 Å². The molecule has 2 aliphatic heterocycles. The Morgan fingerprint density at radius 3 is 2.45 bits per heavy atom. The molecule has 5 rings (SSSR count). The summed E-state index contributed by atoms with van der Waals surface area (Å²) in [4.78, 5) is 56.5. The number of halogens is 1. The van der Waals surface area contributed by atoms with E-state index in [9.17, 15) is 28.8 Å². The first kappa shape index (κ1) is 28.5. The molecule has 2 heterocycles. The highest BCUT2D eigenvalue weighted by Crippen LogP contribution is 2.46. The van der Waals surface area contributed by atoms with Crippen LogP contribution < -0.4 is 10.6 Å². The second kappa shape index (κ2) is 11.4. The molecule has 0 aliphatic carbocycles. The van der Waals surface area contributed by atoms with E-state index < -0.39 is 47.1 Å². The van der Waals surface area contributed by atoms with Crippen molar-refractivity contribution in [2.75, 3.05) is 18.9 Å². The maximum Gasteiger partial charge on any atom is 0.251 e. The summed E-state index contributed by atoms with van der Waals surface area (Å²) < 4.78 is 13.3. The van der Waals surface area contributed by atoms with Crippen LogP contribution in [0.2, 0.25) is 0 Å². The van der Waals surface area contributed by atoms with Crippen LogP contribution in [0, 0.1) is 17.1 Å². The van der Waals surface area contributed by atoms with Crippen molar-refractivity contribution in [3.05, 3.63) is 101 Å². The molecule has 4 amide bonds. The Balaban J connectivity index is 1.41. The van der Waals surface area contributed by atoms with E-state index in [1.807, 2.05) is 48.5 Å². The van der Waals surface area contributed by atoms with Gasteiger partial charge in [-0.1, -0.05) is 48.5 Å². The van der Waals surface area contributed by atoms with Crippen LogP contribution in [-0.2, 0) is 26.2 Å². The third-order valence-corrected chi connectivity index (χ3v) is 8.11. The summed E-state index contributed by atoms with van der Waals surface area (Å²) >= 11 is 0. The van der Waals surface area contributed by atoms with E-state index in [0.29, 0.717) is 5.69 Å². The summed E-state index contributed by atoms with van der Waals surface area (Å²) in [6, 6.07) is 20.6. The molecular weight excluding hydrogens is 537 g/mol. The second-order valence-electron chi connectivity index (χ2n) is 10.8. The Labute approximate surface area is 242 Å². The number of nitriles is 1. The summed E-state index contributed by atoms with van der Waals surface area (Å²) in [6.07, 6.45) is 0.295. The van der Waals surface area contributed by atoms with Crippen molar-refractivity contribution in [3.63, 3.8) is 0 Å². The molecule has 2 N–H and O–H groups in total. The minimum absolute atomic E-state index is 0.00289. The lowest BCUT2D eigenvalue weighted by Crippen LogP contribution is -2.56. The molecule has 2 aliphatic rings. The third-order valence-electron chi connectivity index (χ3n) is 8.11. The Morgan fingerprint density at radius 2 is 1.76 bits per heavy atom. The highest BCUT2D eigenvalue weighted by Gasteiger charge is 2.56. The van der Waals surface area contributed by atoms with Crippen LogP contribution >= 0.6 is 0 Å². The predicted octanol–water partition coefficient (Wildman–Crippen LogP) is 3.03. The van der Waals surface area contributed by atoms with Gasteiger partial charge in [-0.3, -0.25) is 19.2 Å². The number of likely N-dealkylation sites (N-methyl/N-ethyl adjacent to an activating group) is 1. The monoisotopic (exact) mass is 567 g/mol. The van der Waals surface area contributed by atoms with E-state index in [4.69, 9.17) is 0 Å². The van der Waals surface area contributed by atoms with Gasteiger partial charge < -0.3 is 20.4 Å². The van der Waals surface area contributed by atoms with Gasteiger partial charge in [0.1, 0.15) is 23.9 Å². The third kappa shape index (κ3) is 5.21. The summed E-state index contributed by atoms with van der Waals surface area (Å²) in [6.45, 7) is 1.50. The van der Waals surface area contributed by atoms with Crippen LogP contribution in [0.25, 0.3) is 0 Å². The molecule has 0 saturated carbocycles. The number of anilines is 1. The lowest BCUT2D eigenvalue weighted by molar-refractivity contribution is -0.145. The van der Waals surface area contributed by atoms with Crippen molar-refractivity contribution in [3.8, 4) is 6.07 Å². The van der Waals surface area contributed by atoms with Gasteiger partial charge in [0.25, 0.3) is 5.91 Å². The molecule has 3 aromatic carbocycles. The second-order valence-corrected chi connectivity index (χ2v) is 10.8. The molecule has 10 heteroatoms. The number of fused-ring (bicyclic) bond motifs is 2. The summed E-state index contributed by atoms with van der Waals surface area (Å²) in [5.74, 6) is -2.30. The minimum Gasteiger partial charge on any atom is -0.341 e. The molecule has 1 unspecified atom stereocenters. The van der Waals surface area contributed by atoms with Gasteiger partial charge in [0.2, 0.25) is 17.7 Å². The molecule has 42 heavy (non-hydrogen) atoms. The Bertz CT molecular complexity index is 1570. The molecule has 3 aromatic rings. The smallest absolute Gasteiger partial charge is 0.251 e. The maximum atomic E-state index is 14.2. The van der Waals surface area contributed by atoms with Gasteiger partial charge in [0, 0.05) is 37.7 Å². The average molecular weight is 568 g/mol.